The summed E-state index contributed by atoms with van der Waals surface area (Å²) < 4.78 is 0. The van der Waals surface area contributed by atoms with Gasteiger partial charge >= 0.3 is 0 Å². The van der Waals surface area contributed by atoms with Crippen LogP contribution in [0.5, 0.6) is 0 Å². The number of carbonyl (C=O) groups excluding carboxylic acids is 1. The number of anilines is 1. The molecule has 0 atom stereocenters. The maximum Gasteiger partial charge on any atom is 0.222 e. The lowest BCUT2D eigenvalue weighted by Crippen LogP contribution is -2.39. The summed E-state index contributed by atoms with van der Waals surface area (Å²) in [6.45, 7) is 2.77. The topological polar surface area (TPSA) is 83.3 Å². The van der Waals surface area contributed by atoms with Crippen LogP contribution in [-0.4, -0.2) is 35.9 Å². The predicted molar refractivity (Wildman–Crippen MR) is 74.1 cm³/mol. The molecule has 0 spiro atoms. The van der Waals surface area contributed by atoms with Crippen LogP contribution >= 0.6 is 0 Å². The zero-order valence-electron chi connectivity index (χ0n) is 11.2. The van der Waals surface area contributed by atoms with Gasteiger partial charge in [0.15, 0.2) is 0 Å². The van der Waals surface area contributed by atoms with Crippen molar-refractivity contribution in [3.8, 4) is 0 Å². The van der Waals surface area contributed by atoms with E-state index in [1.807, 2.05) is 12.1 Å². The summed E-state index contributed by atoms with van der Waals surface area (Å²) in [5.74, 6) is 6.36. The Morgan fingerprint density at radius 1 is 1.53 bits per heavy atom. The highest BCUT2D eigenvalue weighted by Crippen LogP contribution is 2.19. The zero-order valence-corrected chi connectivity index (χ0v) is 11.2. The van der Waals surface area contributed by atoms with Gasteiger partial charge in [-0.1, -0.05) is 0 Å². The molecule has 2 heterocycles. The van der Waals surface area contributed by atoms with Gasteiger partial charge in [-0.25, -0.2) is 10.8 Å². The molecular weight excluding hydrogens is 242 g/mol. The van der Waals surface area contributed by atoms with E-state index < -0.39 is 0 Å². The van der Waals surface area contributed by atoms with E-state index in [4.69, 9.17) is 5.84 Å². The van der Waals surface area contributed by atoms with Crippen molar-refractivity contribution in [3.63, 3.8) is 0 Å². The van der Waals surface area contributed by atoms with E-state index in [0.29, 0.717) is 5.82 Å². The molecule has 0 radical (unpaired) electrons. The second kappa shape index (κ2) is 6.49. The molecule has 1 saturated heterocycles. The standard InChI is InChI=1S/C13H21N5O/c1-15-13(19)11-3-6-18(7-4-11)9-10-2-5-16-12(8-10)17-14/h2,5,8,11H,3-4,6-7,9,14H2,1H3,(H,15,19)(H,16,17). The summed E-state index contributed by atoms with van der Waals surface area (Å²) in [5, 5.41) is 2.73. The Morgan fingerprint density at radius 2 is 2.26 bits per heavy atom. The second-order valence-corrected chi connectivity index (χ2v) is 4.86. The molecule has 0 unspecified atom stereocenters. The Hall–Kier alpha value is -1.66. The van der Waals surface area contributed by atoms with E-state index in [9.17, 15) is 4.79 Å². The van der Waals surface area contributed by atoms with E-state index in [1.54, 1.807) is 13.2 Å². The van der Waals surface area contributed by atoms with Crippen LogP contribution in [0.1, 0.15) is 18.4 Å². The summed E-state index contributed by atoms with van der Waals surface area (Å²) in [5.41, 5.74) is 3.73. The normalized spacial score (nSPS) is 17.2. The molecule has 0 aliphatic carbocycles. The highest BCUT2D eigenvalue weighted by atomic mass is 16.1. The van der Waals surface area contributed by atoms with Crippen LogP contribution in [0, 0.1) is 5.92 Å². The Balaban J connectivity index is 1.86. The molecule has 0 aromatic carbocycles. The van der Waals surface area contributed by atoms with Gasteiger partial charge in [-0.15, -0.1) is 0 Å². The van der Waals surface area contributed by atoms with E-state index >= 15 is 0 Å². The minimum Gasteiger partial charge on any atom is -0.359 e. The van der Waals surface area contributed by atoms with Crippen molar-refractivity contribution < 1.29 is 4.79 Å². The number of carbonyl (C=O) groups is 1. The van der Waals surface area contributed by atoms with Gasteiger partial charge in [-0.2, -0.15) is 0 Å². The molecule has 6 heteroatoms. The van der Waals surface area contributed by atoms with Gasteiger partial charge in [0.1, 0.15) is 5.82 Å². The summed E-state index contributed by atoms with van der Waals surface area (Å²) in [6, 6.07) is 3.94. The SMILES string of the molecule is CNC(=O)C1CCN(Cc2ccnc(NN)c2)CC1. The van der Waals surface area contributed by atoms with Crippen molar-refractivity contribution in [2.24, 2.45) is 11.8 Å². The number of nitrogens with two attached hydrogens (primary N) is 1. The average Bonchev–Trinajstić information content (AvgIpc) is 2.47. The monoisotopic (exact) mass is 263 g/mol. The third-order valence-corrected chi connectivity index (χ3v) is 3.58. The van der Waals surface area contributed by atoms with Crippen molar-refractivity contribution >= 4 is 11.7 Å². The fraction of sp³-hybridized carbons (Fsp3) is 0.538. The van der Waals surface area contributed by atoms with Crippen LogP contribution in [0.15, 0.2) is 18.3 Å². The smallest absolute Gasteiger partial charge is 0.222 e. The molecule has 1 aliphatic heterocycles. The molecule has 1 amide bonds. The summed E-state index contributed by atoms with van der Waals surface area (Å²) >= 11 is 0. The largest absolute Gasteiger partial charge is 0.359 e. The number of rotatable bonds is 4. The summed E-state index contributed by atoms with van der Waals surface area (Å²) in [7, 11) is 1.70. The first kappa shape index (κ1) is 13.8. The maximum absolute atomic E-state index is 11.6. The lowest BCUT2D eigenvalue weighted by atomic mass is 9.96. The van der Waals surface area contributed by atoms with Gasteiger partial charge in [0, 0.05) is 25.7 Å². The Labute approximate surface area is 113 Å². The van der Waals surface area contributed by atoms with Gasteiger partial charge < -0.3 is 10.7 Å². The van der Waals surface area contributed by atoms with Gasteiger partial charge in [-0.05, 0) is 43.6 Å². The number of nitrogen functional groups attached to an aromatic ring is 1. The zero-order chi connectivity index (χ0) is 13.7. The molecule has 6 nitrogen and oxygen atoms in total. The Kier molecular flexibility index (Phi) is 4.70. The number of piperidine rings is 1. The van der Waals surface area contributed by atoms with Gasteiger partial charge in [-0.3, -0.25) is 9.69 Å². The number of nitrogens with one attached hydrogen (secondary N) is 2. The molecule has 0 bridgehead atoms. The lowest BCUT2D eigenvalue weighted by Gasteiger charge is -2.31. The minimum absolute atomic E-state index is 0.165. The van der Waals surface area contributed by atoms with Crippen LogP contribution in [0.2, 0.25) is 0 Å². The number of aromatic nitrogens is 1. The predicted octanol–water partition coefficient (Wildman–Crippen LogP) is 0.325. The van der Waals surface area contributed by atoms with E-state index in [1.165, 1.54) is 5.56 Å². The number of nitrogens with zero attached hydrogens (tertiary/aromatic N) is 2. The summed E-state index contributed by atoms with van der Waals surface area (Å²) in [4.78, 5) is 18.0. The van der Waals surface area contributed by atoms with Crippen LogP contribution in [-0.2, 0) is 11.3 Å². The maximum atomic E-state index is 11.6. The molecule has 4 N–H and O–H groups in total. The molecule has 2 rings (SSSR count). The quantitative estimate of drug-likeness (QED) is 0.538. The Bertz CT molecular complexity index is 429. The highest BCUT2D eigenvalue weighted by molar-refractivity contribution is 5.78. The van der Waals surface area contributed by atoms with Crippen molar-refractivity contribution in [2.75, 3.05) is 25.6 Å². The fourth-order valence-corrected chi connectivity index (χ4v) is 2.47. The van der Waals surface area contributed by atoms with Crippen LogP contribution in [0.4, 0.5) is 5.82 Å². The first-order valence-electron chi connectivity index (χ1n) is 6.58. The molecule has 0 saturated carbocycles. The molecule has 19 heavy (non-hydrogen) atoms. The third kappa shape index (κ3) is 3.65. The van der Waals surface area contributed by atoms with Crippen molar-refractivity contribution in [1.29, 1.82) is 0 Å². The van der Waals surface area contributed by atoms with Crippen LogP contribution in [0.3, 0.4) is 0 Å². The number of hydrogen-bond donors (Lipinski definition) is 3. The molecule has 1 fully saturated rings. The number of hydrogen-bond acceptors (Lipinski definition) is 5. The summed E-state index contributed by atoms with van der Waals surface area (Å²) in [6.07, 6.45) is 3.60. The molecule has 1 aromatic heterocycles. The van der Waals surface area contributed by atoms with Gasteiger partial charge in [0.25, 0.3) is 0 Å². The van der Waals surface area contributed by atoms with Crippen LogP contribution < -0.4 is 16.6 Å². The molecular formula is C13H21N5O. The van der Waals surface area contributed by atoms with Crippen molar-refractivity contribution in [3.05, 3.63) is 23.9 Å². The van der Waals surface area contributed by atoms with Crippen molar-refractivity contribution in [2.45, 2.75) is 19.4 Å². The fourth-order valence-electron chi connectivity index (χ4n) is 2.47. The van der Waals surface area contributed by atoms with Crippen molar-refractivity contribution in [1.82, 2.24) is 15.2 Å². The van der Waals surface area contributed by atoms with Crippen LogP contribution in [0.25, 0.3) is 0 Å². The first-order valence-corrected chi connectivity index (χ1v) is 6.58. The third-order valence-electron chi connectivity index (χ3n) is 3.58. The molecule has 1 aromatic rings. The Morgan fingerprint density at radius 3 is 2.89 bits per heavy atom. The molecule has 104 valence electrons. The number of likely N-dealkylation sites (tertiary alicyclic amines) is 1. The van der Waals surface area contributed by atoms with Gasteiger partial charge in [0.2, 0.25) is 5.91 Å². The first-order chi connectivity index (χ1) is 9.22. The number of amides is 1. The van der Waals surface area contributed by atoms with E-state index in [2.05, 4.69) is 20.6 Å². The lowest BCUT2D eigenvalue weighted by molar-refractivity contribution is -0.125. The highest BCUT2D eigenvalue weighted by Gasteiger charge is 2.23. The second-order valence-electron chi connectivity index (χ2n) is 4.86. The van der Waals surface area contributed by atoms with Gasteiger partial charge in [0.05, 0.1) is 0 Å². The average molecular weight is 263 g/mol. The number of hydrazine groups is 1. The van der Waals surface area contributed by atoms with E-state index in [0.717, 1.165) is 32.5 Å². The van der Waals surface area contributed by atoms with E-state index in [-0.39, 0.29) is 11.8 Å². The molecule has 1 aliphatic rings. The number of pyridine rings is 1. The minimum atomic E-state index is 0.165.